The van der Waals surface area contributed by atoms with Gasteiger partial charge < -0.3 is 5.73 Å². The Morgan fingerprint density at radius 3 is 2.19 bits per heavy atom. The van der Waals surface area contributed by atoms with E-state index in [0.29, 0.717) is 5.82 Å². The number of fused-ring (bicyclic) bond motifs is 1. The van der Waals surface area contributed by atoms with Crippen molar-refractivity contribution in [3.8, 4) is 0 Å². The maximum absolute atomic E-state index is 5.90. The minimum absolute atomic E-state index is 0.0885. The molecule has 2 rings (SSSR count). The number of anilines is 1. The standard InChI is InChI=1S/C12H15N3S/c1-12(2,3)16-11-10(13)14-8-6-4-5-7-9(8)15-11/h4-7H,1-3H3,(H2,13,14). The summed E-state index contributed by atoms with van der Waals surface area (Å²) in [7, 11) is 0. The van der Waals surface area contributed by atoms with Crippen molar-refractivity contribution in [1.29, 1.82) is 0 Å². The summed E-state index contributed by atoms with van der Waals surface area (Å²) in [6.07, 6.45) is 0. The van der Waals surface area contributed by atoms with Crippen LogP contribution in [0, 0.1) is 0 Å². The van der Waals surface area contributed by atoms with Crippen LogP contribution in [0.15, 0.2) is 29.3 Å². The molecule has 0 radical (unpaired) electrons. The third-order valence-electron chi connectivity index (χ3n) is 1.97. The monoisotopic (exact) mass is 233 g/mol. The van der Waals surface area contributed by atoms with Gasteiger partial charge in [-0.05, 0) is 12.1 Å². The minimum Gasteiger partial charge on any atom is -0.381 e. The highest BCUT2D eigenvalue weighted by molar-refractivity contribution is 8.00. The Morgan fingerprint density at radius 1 is 1.06 bits per heavy atom. The van der Waals surface area contributed by atoms with Gasteiger partial charge in [0.1, 0.15) is 5.03 Å². The number of aromatic nitrogens is 2. The summed E-state index contributed by atoms with van der Waals surface area (Å²) in [5, 5.41) is 0.811. The number of nitrogens with two attached hydrogens (primary N) is 1. The summed E-state index contributed by atoms with van der Waals surface area (Å²) in [4.78, 5) is 8.89. The molecule has 1 aromatic heterocycles. The van der Waals surface area contributed by atoms with Crippen molar-refractivity contribution in [3.05, 3.63) is 24.3 Å². The molecule has 0 aliphatic carbocycles. The van der Waals surface area contributed by atoms with Gasteiger partial charge in [0.05, 0.1) is 11.0 Å². The fraction of sp³-hybridized carbons (Fsp3) is 0.333. The van der Waals surface area contributed by atoms with E-state index in [0.717, 1.165) is 16.1 Å². The Morgan fingerprint density at radius 2 is 1.62 bits per heavy atom. The first-order valence-electron chi connectivity index (χ1n) is 5.17. The summed E-state index contributed by atoms with van der Waals surface area (Å²) in [5.74, 6) is 0.513. The van der Waals surface area contributed by atoms with Gasteiger partial charge in [-0.1, -0.05) is 44.7 Å². The molecule has 0 spiro atoms. The van der Waals surface area contributed by atoms with E-state index in [4.69, 9.17) is 5.73 Å². The highest BCUT2D eigenvalue weighted by atomic mass is 32.2. The average molecular weight is 233 g/mol. The lowest BCUT2D eigenvalue weighted by Gasteiger charge is -2.17. The lowest BCUT2D eigenvalue weighted by molar-refractivity contribution is 0.799. The van der Waals surface area contributed by atoms with Crippen molar-refractivity contribution in [1.82, 2.24) is 9.97 Å². The maximum atomic E-state index is 5.90. The highest BCUT2D eigenvalue weighted by Gasteiger charge is 2.16. The van der Waals surface area contributed by atoms with Crippen LogP contribution < -0.4 is 5.73 Å². The molecule has 0 amide bonds. The van der Waals surface area contributed by atoms with Crippen molar-refractivity contribution in [2.24, 2.45) is 0 Å². The van der Waals surface area contributed by atoms with Gasteiger partial charge in [0, 0.05) is 4.75 Å². The van der Waals surface area contributed by atoms with Crippen LogP contribution in [0.4, 0.5) is 5.82 Å². The molecule has 2 aromatic rings. The van der Waals surface area contributed by atoms with Gasteiger partial charge in [-0.15, -0.1) is 0 Å². The van der Waals surface area contributed by atoms with E-state index in [2.05, 4.69) is 30.7 Å². The Bertz CT molecular complexity index is 517. The lowest BCUT2D eigenvalue weighted by Crippen LogP contribution is -2.09. The number of nitrogens with zero attached hydrogens (tertiary/aromatic N) is 2. The number of para-hydroxylation sites is 2. The molecular weight excluding hydrogens is 218 g/mol. The molecule has 3 nitrogen and oxygen atoms in total. The lowest BCUT2D eigenvalue weighted by atomic mass is 10.3. The number of benzene rings is 1. The van der Waals surface area contributed by atoms with Crippen molar-refractivity contribution < 1.29 is 0 Å². The zero-order chi connectivity index (χ0) is 11.8. The largest absolute Gasteiger partial charge is 0.381 e. The van der Waals surface area contributed by atoms with E-state index < -0.39 is 0 Å². The SMILES string of the molecule is CC(C)(C)Sc1nc2ccccc2nc1N. The van der Waals surface area contributed by atoms with Gasteiger partial charge in [-0.2, -0.15) is 0 Å². The van der Waals surface area contributed by atoms with Crippen LogP contribution >= 0.6 is 11.8 Å². The van der Waals surface area contributed by atoms with Crippen LogP contribution in [0.25, 0.3) is 11.0 Å². The first kappa shape index (κ1) is 11.2. The van der Waals surface area contributed by atoms with Gasteiger partial charge in [0.25, 0.3) is 0 Å². The van der Waals surface area contributed by atoms with E-state index in [-0.39, 0.29) is 4.75 Å². The number of thioether (sulfide) groups is 1. The van der Waals surface area contributed by atoms with E-state index in [1.54, 1.807) is 11.8 Å². The summed E-state index contributed by atoms with van der Waals surface area (Å²) < 4.78 is 0.0885. The molecule has 0 aliphatic rings. The number of rotatable bonds is 1. The van der Waals surface area contributed by atoms with E-state index in [9.17, 15) is 0 Å². The third-order valence-corrected chi connectivity index (χ3v) is 3.07. The molecule has 1 heterocycles. The summed E-state index contributed by atoms with van der Waals surface area (Å²) in [6.45, 7) is 6.40. The van der Waals surface area contributed by atoms with Crippen LogP contribution in [0.2, 0.25) is 0 Å². The summed E-state index contributed by atoms with van der Waals surface area (Å²) in [5.41, 5.74) is 7.64. The second-order valence-corrected chi connectivity index (χ2v) is 6.43. The van der Waals surface area contributed by atoms with Gasteiger partial charge in [0.2, 0.25) is 0 Å². The number of nitrogen functional groups attached to an aromatic ring is 1. The molecule has 16 heavy (non-hydrogen) atoms. The Kier molecular flexibility index (Phi) is 2.76. The molecule has 0 aliphatic heterocycles. The van der Waals surface area contributed by atoms with Crippen LogP contribution in [-0.2, 0) is 0 Å². The molecule has 0 saturated carbocycles. The van der Waals surface area contributed by atoms with Gasteiger partial charge in [-0.3, -0.25) is 0 Å². The third kappa shape index (κ3) is 2.44. The van der Waals surface area contributed by atoms with Crippen molar-refractivity contribution in [3.63, 3.8) is 0 Å². The van der Waals surface area contributed by atoms with Crippen molar-refractivity contribution in [2.75, 3.05) is 5.73 Å². The zero-order valence-corrected chi connectivity index (χ0v) is 10.5. The molecule has 0 fully saturated rings. The first-order valence-corrected chi connectivity index (χ1v) is 5.99. The van der Waals surface area contributed by atoms with Crippen molar-refractivity contribution in [2.45, 2.75) is 30.5 Å². The summed E-state index contributed by atoms with van der Waals surface area (Å²) >= 11 is 1.64. The Labute approximate surface area is 99.5 Å². The molecular formula is C12H15N3S. The van der Waals surface area contributed by atoms with Gasteiger partial charge in [0.15, 0.2) is 5.82 Å². The van der Waals surface area contributed by atoms with Crippen LogP contribution in [0.1, 0.15) is 20.8 Å². The highest BCUT2D eigenvalue weighted by Crippen LogP contribution is 2.34. The molecule has 0 saturated heterocycles. The van der Waals surface area contributed by atoms with Gasteiger partial charge >= 0.3 is 0 Å². The predicted molar refractivity (Wildman–Crippen MR) is 69.6 cm³/mol. The van der Waals surface area contributed by atoms with Crippen molar-refractivity contribution >= 4 is 28.6 Å². The fourth-order valence-corrected chi connectivity index (χ4v) is 2.24. The number of hydrogen-bond acceptors (Lipinski definition) is 4. The molecule has 2 N–H and O–H groups in total. The van der Waals surface area contributed by atoms with Gasteiger partial charge in [-0.25, -0.2) is 9.97 Å². The molecule has 0 atom stereocenters. The van der Waals surface area contributed by atoms with Crippen LogP contribution in [0.3, 0.4) is 0 Å². The topological polar surface area (TPSA) is 51.8 Å². The van der Waals surface area contributed by atoms with E-state index in [1.165, 1.54) is 0 Å². The number of hydrogen-bond donors (Lipinski definition) is 1. The average Bonchev–Trinajstić information content (AvgIpc) is 2.17. The quantitative estimate of drug-likeness (QED) is 0.769. The summed E-state index contributed by atoms with van der Waals surface area (Å²) in [6, 6.07) is 7.77. The van der Waals surface area contributed by atoms with E-state index in [1.807, 2.05) is 24.3 Å². The molecule has 1 aromatic carbocycles. The van der Waals surface area contributed by atoms with E-state index >= 15 is 0 Å². The van der Waals surface area contributed by atoms with Crippen LogP contribution in [-0.4, -0.2) is 14.7 Å². The Balaban J connectivity index is 2.50. The molecule has 4 heteroatoms. The second kappa shape index (κ2) is 3.94. The van der Waals surface area contributed by atoms with Crippen LogP contribution in [0.5, 0.6) is 0 Å². The first-order chi connectivity index (χ1) is 7.46. The predicted octanol–water partition coefficient (Wildman–Crippen LogP) is 3.10. The maximum Gasteiger partial charge on any atom is 0.156 e. The Hall–Kier alpha value is -1.29. The smallest absolute Gasteiger partial charge is 0.156 e. The molecule has 0 unspecified atom stereocenters. The molecule has 84 valence electrons. The fourth-order valence-electron chi connectivity index (χ4n) is 1.36. The second-order valence-electron chi connectivity index (χ2n) is 4.62. The zero-order valence-electron chi connectivity index (χ0n) is 9.69. The normalized spacial score (nSPS) is 11.9. The molecule has 0 bridgehead atoms. The minimum atomic E-state index is 0.0885.